The molecule has 122 valence electrons. The third-order valence-corrected chi connectivity index (χ3v) is 3.85. The number of aromatic nitrogens is 3. The van der Waals surface area contributed by atoms with E-state index in [0.717, 1.165) is 27.8 Å². The topological polar surface area (TPSA) is 62.7 Å². The maximum Gasteiger partial charge on any atom is 0.132 e. The van der Waals surface area contributed by atoms with Crippen molar-refractivity contribution in [1.82, 2.24) is 15.0 Å². The molecule has 0 aliphatic carbocycles. The molecule has 1 aromatic carbocycles. The van der Waals surface area contributed by atoms with Gasteiger partial charge >= 0.3 is 0 Å². The Labute approximate surface area is 146 Å². The first-order valence-electron chi connectivity index (χ1n) is 7.66. The van der Waals surface area contributed by atoms with Gasteiger partial charge in [0, 0.05) is 36.6 Å². The van der Waals surface area contributed by atoms with Crippen LogP contribution in [0.4, 0.5) is 11.6 Å². The number of anilines is 2. The number of nitrogens with zero attached hydrogens (tertiary/aromatic N) is 3. The lowest BCUT2D eigenvalue weighted by Gasteiger charge is -2.11. The van der Waals surface area contributed by atoms with Crippen molar-refractivity contribution in [3.05, 3.63) is 76.8 Å². The van der Waals surface area contributed by atoms with Crippen molar-refractivity contribution in [2.75, 3.05) is 10.6 Å². The van der Waals surface area contributed by atoms with Crippen molar-refractivity contribution >= 4 is 23.2 Å². The highest BCUT2D eigenvalue weighted by molar-refractivity contribution is 6.31. The fraction of sp³-hybridized carbons (Fsp3) is 0.167. The summed E-state index contributed by atoms with van der Waals surface area (Å²) in [7, 11) is 0. The van der Waals surface area contributed by atoms with Crippen molar-refractivity contribution < 1.29 is 0 Å². The standard InChI is InChI=1S/C18H18ClN5/c1-13-23-17(21-11-14-6-8-20-9-7-14)10-18(24-13)22-12-15-4-2-3-5-16(15)19/h2-10H,11-12H2,1H3,(H2,21,22,23,24). The molecule has 0 aliphatic rings. The molecule has 0 atom stereocenters. The van der Waals surface area contributed by atoms with Crippen LogP contribution >= 0.6 is 11.6 Å². The zero-order chi connectivity index (χ0) is 16.8. The van der Waals surface area contributed by atoms with Gasteiger partial charge < -0.3 is 10.6 Å². The molecule has 3 rings (SSSR count). The van der Waals surface area contributed by atoms with Crippen molar-refractivity contribution in [2.45, 2.75) is 20.0 Å². The average Bonchev–Trinajstić information content (AvgIpc) is 2.60. The van der Waals surface area contributed by atoms with Crippen molar-refractivity contribution in [1.29, 1.82) is 0 Å². The Bertz CT molecular complexity index is 808. The first-order chi connectivity index (χ1) is 11.7. The number of hydrogen-bond acceptors (Lipinski definition) is 5. The highest BCUT2D eigenvalue weighted by atomic mass is 35.5. The minimum atomic E-state index is 0.611. The fourth-order valence-corrected chi connectivity index (χ4v) is 2.47. The van der Waals surface area contributed by atoms with Gasteiger partial charge in [-0.05, 0) is 36.2 Å². The van der Waals surface area contributed by atoms with E-state index in [1.54, 1.807) is 12.4 Å². The molecule has 0 unspecified atom stereocenters. The number of halogens is 1. The predicted molar refractivity (Wildman–Crippen MR) is 97.1 cm³/mol. The van der Waals surface area contributed by atoms with Gasteiger partial charge in [-0.25, -0.2) is 9.97 Å². The highest BCUT2D eigenvalue weighted by Crippen LogP contribution is 2.18. The van der Waals surface area contributed by atoms with E-state index in [1.165, 1.54) is 0 Å². The quantitative estimate of drug-likeness (QED) is 0.709. The molecule has 0 spiro atoms. The summed E-state index contributed by atoms with van der Waals surface area (Å²) in [6, 6.07) is 13.6. The van der Waals surface area contributed by atoms with Gasteiger partial charge in [0.15, 0.2) is 0 Å². The van der Waals surface area contributed by atoms with Crippen LogP contribution in [0.1, 0.15) is 17.0 Å². The van der Waals surface area contributed by atoms with Crippen molar-refractivity contribution in [3.8, 4) is 0 Å². The molecule has 0 aliphatic heterocycles. The minimum Gasteiger partial charge on any atom is -0.366 e. The van der Waals surface area contributed by atoms with E-state index >= 15 is 0 Å². The Morgan fingerprint density at radius 2 is 1.58 bits per heavy atom. The maximum atomic E-state index is 6.18. The van der Waals surface area contributed by atoms with E-state index in [1.807, 2.05) is 49.4 Å². The Morgan fingerprint density at radius 3 is 2.29 bits per heavy atom. The normalized spacial score (nSPS) is 10.4. The van der Waals surface area contributed by atoms with Gasteiger partial charge in [0.1, 0.15) is 17.5 Å². The van der Waals surface area contributed by atoms with Crippen LogP contribution in [0.5, 0.6) is 0 Å². The molecule has 2 heterocycles. The van der Waals surface area contributed by atoms with Crippen LogP contribution in [-0.2, 0) is 13.1 Å². The van der Waals surface area contributed by atoms with Crippen LogP contribution < -0.4 is 10.6 Å². The number of benzene rings is 1. The summed E-state index contributed by atoms with van der Waals surface area (Å²) in [4.78, 5) is 12.9. The fourth-order valence-electron chi connectivity index (χ4n) is 2.27. The second kappa shape index (κ2) is 7.75. The van der Waals surface area contributed by atoms with E-state index in [9.17, 15) is 0 Å². The molecule has 2 aromatic heterocycles. The molecule has 6 heteroatoms. The number of nitrogens with one attached hydrogen (secondary N) is 2. The van der Waals surface area contributed by atoms with Gasteiger partial charge in [-0.3, -0.25) is 4.98 Å². The third-order valence-electron chi connectivity index (χ3n) is 3.48. The smallest absolute Gasteiger partial charge is 0.132 e. The summed E-state index contributed by atoms with van der Waals surface area (Å²) >= 11 is 6.18. The summed E-state index contributed by atoms with van der Waals surface area (Å²) in [5.41, 5.74) is 2.17. The van der Waals surface area contributed by atoms with E-state index in [0.29, 0.717) is 18.9 Å². The highest BCUT2D eigenvalue weighted by Gasteiger charge is 2.04. The molecular weight excluding hydrogens is 322 g/mol. The molecule has 24 heavy (non-hydrogen) atoms. The average molecular weight is 340 g/mol. The number of aryl methyl sites for hydroxylation is 1. The monoisotopic (exact) mass is 339 g/mol. The third kappa shape index (κ3) is 4.43. The summed E-state index contributed by atoms with van der Waals surface area (Å²) < 4.78 is 0. The lowest BCUT2D eigenvalue weighted by molar-refractivity contribution is 1.00. The molecule has 2 N–H and O–H groups in total. The number of hydrogen-bond donors (Lipinski definition) is 2. The molecule has 0 saturated carbocycles. The lowest BCUT2D eigenvalue weighted by atomic mass is 10.2. The molecule has 0 bridgehead atoms. The van der Waals surface area contributed by atoms with E-state index in [2.05, 4.69) is 25.6 Å². The van der Waals surface area contributed by atoms with Gasteiger partial charge in [-0.15, -0.1) is 0 Å². The Kier molecular flexibility index (Phi) is 5.23. The molecule has 5 nitrogen and oxygen atoms in total. The largest absolute Gasteiger partial charge is 0.366 e. The second-order valence-corrected chi connectivity index (χ2v) is 5.75. The minimum absolute atomic E-state index is 0.611. The molecule has 3 aromatic rings. The van der Waals surface area contributed by atoms with Crippen LogP contribution in [0.15, 0.2) is 54.9 Å². The second-order valence-electron chi connectivity index (χ2n) is 5.34. The zero-order valence-electron chi connectivity index (χ0n) is 13.3. The molecule has 0 radical (unpaired) electrons. The van der Waals surface area contributed by atoms with Crippen molar-refractivity contribution in [3.63, 3.8) is 0 Å². The van der Waals surface area contributed by atoms with Crippen LogP contribution in [0.2, 0.25) is 5.02 Å². The van der Waals surface area contributed by atoms with E-state index < -0.39 is 0 Å². The summed E-state index contributed by atoms with van der Waals surface area (Å²) in [5.74, 6) is 2.25. The lowest BCUT2D eigenvalue weighted by Crippen LogP contribution is -2.07. The molecule has 0 amide bonds. The SMILES string of the molecule is Cc1nc(NCc2ccncc2)cc(NCc2ccccc2Cl)n1. The van der Waals surface area contributed by atoms with Crippen LogP contribution in [0, 0.1) is 6.92 Å². The van der Waals surface area contributed by atoms with Gasteiger partial charge in [-0.1, -0.05) is 29.8 Å². The summed E-state index contributed by atoms with van der Waals surface area (Å²) in [6.07, 6.45) is 3.55. The van der Waals surface area contributed by atoms with Gasteiger partial charge in [-0.2, -0.15) is 0 Å². The maximum absolute atomic E-state index is 6.18. The first-order valence-corrected chi connectivity index (χ1v) is 8.04. The Hall–Kier alpha value is -2.66. The zero-order valence-corrected chi connectivity index (χ0v) is 14.1. The molecule has 0 saturated heterocycles. The molecular formula is C18H18ClN5. The van der Waals surface area contributed by atoms with Gasteiger partial charge in [0.05, 0.1) is 0 Å². The number of pyridine rings is 1. The van der Waals surface area contributed by atoms with Crippen LogP contribution in [0.25, 0.3) is 0 Å². The summed E-state index contributed by atoms with van der Waals surface area (Å²) in [6.45, 7) is 3.17. The predicted octanol–water partition coefficient (Wildman–Crippen LogP) is 4.06. The van der Waals surface area contributed by atoms with E-state index in [4.69, 9.17) is 11.6 Å². The number of rotatable bonds is 6. The first kappa shape index (κ1) is 16.2. The van der Waals surface area contributed by atoms with E-state index in [-0.39, 0.29) is 0 Å². The summed E-state index contributed by atoms with van der Waals surface area (Å²) in [5, 5.41) is 7.34. The van der Waals surface area contributed by atoms with Crippen LogP contribution in [0.3, 0.4) is 0 Å². The Morgan fingerprint density at radius 1 is 0.917 bits per heavy atom. The Balaban J connectivity index is 1.66. The van der Waals surface area contributed by atoms with Crippen molar-refractivity contribution in [2.24, 2.45) is 0 Å². The van der Waals surface area contributed by atoms with Gasteiger partial charge in [0.25, 0.3) is 0 Å². The molecule has 0 fully saturated rings. The van der Waals surface area contributed by atoms with Crippen LogP contribution in [-0.4, -0.2) is 15.0 Å². The van der Waals surface area contributed by atoms with Gasteiger partial charge in [0.2, 0.25) is 0 Å².